The van der Waals surface area contributed by atoms with E-state index >= 15 is 0 Å². The van der Waals surface area contributed by atoms with Crippen molar-refractivity contribution in [2.75, 3.05) is 0 Å². The molecule has 0 aliphatic heterocycles. The summed E-state index contributed by atoms with van der Waals surface area (Å²) in [5, 5.41) is 2.46. The number of hydrogen-bond donors (Lipinski definition) is 0. The van der Waals surface area contributed by atoms with Gasteiger partial charge in [0.2, 0.25) is 0 Å². The Morgan fingerprint density at radius 2 is 0.774 bits per heavy atom. The van der Waals surface area contributed by atoms with Crippen LogP contribution in [0.1, 0.15) is 22.3 Å². The van der Waals surface area contributed by atoms with E-state index < -0.39 is 5.41 Å². The molecule has 0 fully saturated rings. The minimum absolute atomic E-state index is 0.471. The number of fused-ring (bicyclic) bond motifs is 13. The lowest BCUT2D eigenvalue weighted by molar-refractivity contribution is 0.794. The van der Waals surface area contributed by atoms with Crippen LogP contribution in [0.15, 0.2) is 212 Å². The van der Waals surface area contributed by atoms with Gasteiger partial charge in [0.05, 0.1) is 5.41 Å². The van der Waals surface area contributed by atoms with Gasteiger partial charge in [0.25, 0.3) is 0 Å². The van der Waals surface area contributed by atoms with E-state index in [4.69, 9.17) is 15.0 Å². The van der Waals surface area contributed by atoms with Crippen LogP contribution in [0.3, 0.4) is 0 Å². The first-order chi connectivity index (χ1) is 30.7. The Morgan fingerprint density at radius 3 is 1.53 bits per heavy atom. The average Bonchev–Trinajstić information content (AvgIpc) is 3.99. The minimum atomic E-state index is -0.471. The molecular weight excluding hydrogens is 771 g/mol. The van der Waals surface area contributed by atoms with Crippen LogP contribution in [0.25, 0.3) is 98.8 Å². The lowest BCUT2D eigenvalue weighted by Gasteiger charge is -2.30. The molecule has 2 aliphatic carbocycles. The van der Waals surface area contributed by atoms with E-state index in [0.717, 1.165) is 27.8 Å². The molecule has 62 heavy (non-hydrogen) atoms. The van der Waals surface area contributed by atoms with E-state index in [1.165, 1.54) is 75.8 Å². The molecule has 9 aromatic carbocycles. The molecule has 13 rings (SSSR count). The largest absolute Gasteiger partial charge is 0.208 e. The zero-order valence-electron chi connectivity index (χ0n) is 33.5. The third-order valence-corrected chi connectivity index (χ3v) is 14.2. The minimum Gasteiger partial charge on any atom is -0.208 e. The van der Waals surface area contributed by atoms with Crippen LogP contribution in [0.4, 0.5) is 0 Å². The van der Waals surface area contributed by atoms with Gasteiger partial charge in [-0.2, -0.15) is 0 Å². The standard InChI is InChI=1S/C58H35N3S/c1-2-15-36(16-3-1)37-31-33-38(34-32-37)39-17-12-18-40(35-39)55-59-56(61-57(60-55)47-25-13-23-44-43-21-7-11-30-52(43)62-54(44)47)46-24-14-29-51-53(46)45-22-6-10-28-50(45)58(51)48-26-8-4-19-41(48)42-20-5-9-27-49(42)58/h1-35H. The summed E-state index contributed by atoms with van der Waals surface area (Å²) in [6.07, 6.45) is 0. The van der Waals surface area contributed by atoms with Crippen LogP contribution in [0.2, 0.25) is 0 Å². The molecule has 0 saturated heterocycles. The lowest BCUT2D eigenvalue weighted by atomic mass is 9.70. The number of benzene rings is 9. The number of thiophene rings is 1. The summed E-state index contributed by atoms with van der Waals surface area (Å²) in [5.74, 6) is 1.96. The molecule has 0 N–H and O–H groups in total. The van der Waals surface area contributed by atoms with Crippen LogP contribution in [-0.4, -0.2) is 15.0 Å². The second-order valence-electron chi connectivity index (χ2n) is 16.2. The van der Waals surface area contributed by atoms with E-state index in [9.17, 15) is 0 Å². The highest BCUT2D eigenvalue weighted by atomic mass is 32.1. The van der Waals surface area contributed by atoms with Gasteiger partial charge in [-0.1, -0.05) is 194 Å². The third kappa shape index (κ3) is 5.08. The first kappa shape index (κ1) is 35.0. The first-order valence-corrected chi connectivity index (χ1v) is 21.9. The molecule has 0 saturated carbocycles. The lowest BCUT2D eigenvalue weighted by Crippen LogP contribution is -2.25. The predicted molar refractivity (Wildman–Crippen MR) is 256 cm³/mol. The van der Waals surface area contributed by atoms with E-state index in [1.807, 2.05) is 0 Å². The Labute approximate surface area is 363 Å². The fourth-order valence-electron chi connectivity index (χ4n) is 10.3. The molecule has 2 aliphatic rings. The summed E-state index contributed by atoms with van der Waals surface area (Å²) >= 11 is 1.80. The number of hydrogen-bond acceptors (Lipinski definition) is 4. The Morgan fingerprint density at radius 1 is 0.306 bits per heavy atom. The Bertz CT molecular complexity index is 3540. The molecule has 0 unspecified atom stereocenters. The maximum Gasteiger partial charge on any atom is 0.165 e. The van der Waals surface area contributed by atoms with Gasteiger partial charge in [0.15, 0.2) is 17.5 Å². The van der Waals surface area contributed by atoms with Crippen LogP contribution in [0, 0.1) is 0 Å². The van der Waals surface area contributed by atoms with Crippen molar-refractivity contribution >= 4 is 31.5 Å². The summed E-state index contributed by atoms with van der Waals surface area (Å²) in [6.45, 7) is 0. The summed E-state index contributed by atoms with van der Waals surface area (Å²) in [4.78, 5) is 16.3. The van der Waals surface area contributed by atoms with E-state index in [0.29, 0.717) is 17.5 Å². The Balaban J connectivity index is 1.04. The van der Waals surface area contributed by atoms with E-state index in [1.54, 1.807) is 11.3 Å². The fraction of sp³-hybridized carbons (Fsp3) is 0.0172. The topological polar surface area (TPSA) is 38.7 Å². The maximum atomic E-state index is 5.48. The molecule has 288 valence electrons. The third-order valence-electron chi connectivity index (χ3n) is 13.0. The molecule has 11 aromatic rings. The van der Waals surface area contributed by atoms with Crippen LogP contribution < -0.4 is 0 Å². The molecular formula is C58H35N3S. The van der Waals surface area contributed by atoms with Crippen LogP contribution in [0.5, 0.6) is 0 Å². The maximum absolute atomic E-state index is 5.48. The van der Waals surface area contributed by atoms with Crippen LogP contribution >= 0.6 is 11.3 Å². The Kier molecular flexibility index (Phi) is 7.69. The van der Waals surface area contributed by atoms with Crippen molar-refractivity contribution in [3.63, 3.8) is 0 Å². The Hall–Kier alpha value is -7.79. The van der Waals surface area contributed by atoms with Crippen molar-refractivity contribution in [3.8, 4) is 78.7 Å². The highest BCUT2D eigenvalue weighted by Gasteiger charge is 2.52. The van der Waals surface area contributed by atoms with Crippen LogP contribution in [-0.2, 0) is 5.41 Å². The molecule has 0 amide bonds. The molecule has 2 aromatic heterocycles. The zero-order valence-corrected chi connectivity index (χ0v) is 34.3. The fourth-order valence-corrected chi connectivity index (χ4v) is 11.5. The number of aromatic nitrogens is 3. The smallest absolute Gasteiger partial charge is 0.165 e. The molecule has 2 heterocycles. The molecule has 0 radical (unpaired) electrons. The zero-order chi connectivity index (χ0) is 40.8. The summed E-state index contributed by atoms with van der Waals surface area (Å²) in [5.41, 5.74) is 17.2. The number of nitrogens with zero attached hydrogens (tertiary/aromatic N) is 3. The molecule has 0 atom stereocenters. The van der Waals surface area contributed by atoms with Gasteiger partial charge < -0.3 is 0 Å². The molecule has 3 nitrogen and oxygen atoms in total. The van der Waals surface area contributed by atoms with Gasteiger partial charge in [-0.15, -0.1) is 11.3 Å². The van der Waals surface area contributed by atoms with Crippen molar-refractivity contribution in [3.05, 3.63) is 235 Å². The van der Waals surface area contributed by atoms with Gasteiger partial charge in [0, 0.05) is 36.9 Å². The first-order valence-electron chi connectivity index (χ1n) is 21.1. The normalized spacial score (nSPS) is 13.0. The van der Waals surface area contributed by atoms with E-state index in [-0.39, 0.29) is 0 Å². The number of rotatable bonds is 5. The van der Waals surface area contributed by atoms with Gasteiger partial charge >= 0.3 is 0 Å². The van der Waals surface area contributed by atoms with Crippen molar-refractivity contribution < 1.29 is 0 Å². The second-order valence-corrected chi connectivity index (χ2v) is 17.3. The van der Waals surface area contributed by atoms with Gasteiger partial charge in [-0.25, -0.2) is 15.0 Å². The summed E-state index contributed by atoms with van der Waals surface area (Å²) in [7, 11) is 0. The summed E-state index contributed by atoms with van der Waals surface area (Å²) < 4.78 is 2.42. The summed E-state index contributed by atoms with van der Waals surface area (Å²) in [6, 6.07) is 76.6. The van der Waals surface area contributed by atoms with Crippen molar-refractivity contribution in [1.29, 1.82) is 0 Å². The molecule has 4 heteroatoms. The molecule has 0 bridgehead atoms. The molecule has 1 spiro atoms. The van der Waals surface area contributed by atoms with Crippen molar-refractivity contribution in [2.45, 2.75) is 5.41 Å². The average molecular weight is 806 g/mol. The second kappa shape index (κ2) is 13.6. The van der Waals surface area contributed by atoms with Crippen molar-refractivity contribution in [2.24, 2.45) is 0 Å². The van der Waals surface area contributed by atoms with Gasteiger partial charge in [0.1, 0.15) is 0 Å². The van der Waals surface area contributed by atoms with Gasteiger partial charge in [-0.3, -0.25) is 0 Å². The van der Waals surface area contributed by atoms with Crippen molar-refractivity contribution in [1.82, 2.24) is 15.0 Å². The van der Waals surface area contributed by atoms with E-state index in [2.05, 4.69) is 212 Å². The SMILES string of the molecule is c1ccc(-c2ccc(-c3cccc(-c4nc(-c5cccc6c5-c5ccccc5C65c6ccccc6-c6ccccc65)nc(-c5cccc6c5sc5ccccc56)n4)c3)cc2)cc1. The predicted octanol–water partition coefficient (Wildman–Crippen LogP) is 14.9. The monoisotopic (exact) mass is 805 g/mol. The highest BCUT2D eigenvalue weighted by Crippen LogP contribution is 2.63. The quantitative estimate of drug-likeness (QED) is 0.174. The van der Waals surface area contributed by atoms with Gasteiger partial charge in [-0.05, 0) is 85.0 Å². The highest BCUT2D eigenvalue weighted by molar-refractivity contribution is 7.26.